The molecule has 0 atom stereocenters. The molecular weight excluding hydrogens is 340 g/mol. The molecule has 0 saturated carbocycles. The lowest BCUT2D eigenvalue weighted by Crippen LogP contribution is -2.08. The molecule has 0 fully saturated rings. The number of rotatable bonds is 7. The van der Waals surface area contributed by atoms with Gasteiger partial charge in [0.2, 0.25) is 0 Å². The van der Waals surface area contributed by atoms with Gasteiger partial charge in [0.1, 0.15) is 17.5 Å². The lowest BCUT2D eigenvalue weighted by Gasteiger charge is -2.14. The fraction of sp³-hybridized carbons (Fsp3) is 0.381. The van der Waals surface area contributed by atoms with Crippen LogP contribution in [0.2, 0.25) is 0 Å². The van der Waals surface area contributed by atoms with Crippen molar-refractivity contribution in [3.05, 3.63) is 53.4 Å². The summed E-state index contributed by atoms with van der Waals surface area (Å²) in [6.45, 7) is 2.73. The van der Waals surface area contributed by atoms with Crippen molar-refractivity contribution in [2.75, 3.05) is 24.3 Å². The van der Waals surface area contributed by atoms with E-state index in [-0.39, 0.29) is 5.97 Å². The summed E-state index contributed by atoms with van der Waals surface area (Å²) in [4.78, 5) is 20.6. The van der Waals surface area contributed by atoms with Gasteiger partial charge in [-0.2, -0.15) is 0 Å². The van der Waals surface area contributed by atoms with E-state index in [1.807, 2.05) is 19.1 Å². The highest BCUT2D eigenvalue weighted by Gasteiger charge is 2.08. The van der Waals surface area contributed by atoms with Crippen molar-refractivity contribution in [3.63, 3.8) is 0 Å². The Hall–Kier alpha value is -2.89. The molecule has 1 aromatic heterocycles. The Balaban J connectivity index is 1.64. The molecule has 1 heterocycles. The monoisotopic (exact) mass is 366 g/mol. The van der Waals surface area contributed by atoms with Crippen LogP contribution in [0.5, 0.6) is 0 Å². The first kappa shape index (κ1) is 18.9. The summed E-state index contributed by atoms with van der Waals surface area (Å²) in [5.41, 5.74) is 2.80. The van der Waals surface area contributed by atoms with Gasteiger partial charge in [0, 0.05) is 18.3 Å². The number of nitrogens with zero attached hydrogens (tertiary/aromatic N) is 2. The highest BCUT2D eigenvalue weighted by Crippen LogP contribution is 2.21. The maximum absolute atomic E-state index is 11.7. The second kappa shape index (κ2) is 9.16. The van der Waals surface area contributed by atoms with Crippen molar-refractivity contribution in [1.29, 1.82) is 0 Å². The van der Waals surface area contributed by atoms with Gasteiger partial charge in [-0.05, 0) is 57.2 Å². The minimum absolute atomic E-state index is 0.364. The van der Waals surface area contributed by atoms with Crippen molar-refractivity contribution < 1.29 is 9.53 Å². The van der Waals surface area contributed by atoms with E-state index in [0.717, 1.165) is 24.5 Å². The van der Waals surface area contributed by atoms with Gasteiger partial charge >= 0.3 is 5.97 Å². The van der Waals surface area contributed by atoms with Crippen molar-refractivity contribution in [1.82, 2.24) is 9.97 Å². The molecular formula is C21H26N4O2. The van der Waals surface area contributed by atoms with Gasteiger partial charge in [-0.3, -0.25) is 0 Å². The first-order chi connectivity index (χ1) is 13.1. The van der Waals surface area contributed by atoms with E-state index in [0.29, 0.717) is 17.2 Å². The number of hydrogen-bond donors (Lipinski definition) is 2. The highest BCUT2D eigenvalue weighted by molar-refractivity contribution is 5.90. The first-order valence-electron chi connectivity index (χ1n) is 9.37. The van der Waals surface area contributed by atoms with E-state index in [4.69, 9.17) is 4.74 Å². The predicted octanol–water partition coefficient (Wildman–Crippen LogP) is 4.62. The molecule has 1 aliphatic rings. The first-order valence-corrected chi connectivity index (χ1v) is 9.37. The standard InChI is InChI=1S/C21H26N4O2/c1-15-23-19(22-12-11-16-7-4-3-5-8-16)14-20(24-15)25-18-10-6-9-17(13-18)21(26)27-2/h6-7,9-10,13-14H,3-5,8,11-12H2,1-2H3,(H2,22,23,24,25). The van der Waals surface area contributed by atoms with Gasteiger partial charge in [-0.15, -0.1) is 0 Å². The summed E-state index contributed by atoms with van der Waals surface area (Å²) in [6, 6.07) is 9.03. The number of aromatic nitrogens is 2. The zero-order valence-electron chi connectivity index (χ0n) is 15.9. The number of hydrogen-bond acceptors (Lipinski definition) is 6. The maximum Gasteiger partial charge on any atom is 0.337 e. The minimum Gasteiger partial charge on any atom is -0.465 e. The van der Waals surface area contributed by atoms with Crippen LogP contribution in [0, 0.1) is 6.92 Å². The molecule has 0 aliphatic heterocycles. The third kappa shape index (κ3) is 5.54. The SMILES string of the molecule is COC(=O)c1cccc(Nc2cc(NCCC3=CCCCC3)nc(C)n2)c1. The predicted molar refractivity (Wildman–Crippen MR) is 107 cm³/mol. The molecule has 3 rings (SSSR count). The van der Waals surface area contributed by atoms with Gasteiger partial charge in [0.15, 0.2) is 0 Å². The zero-order chi connectivity index (χ0) is 19.1. The van der Waals surface area contributed by atoms with Crippen LogP contribution < -0.4 is 10.6 Å². The Bertz CT molecular complexity index is 833. The average molecular weight is 366 g/mol. The smallest absolute Gasteiger partial charge is 0.337 e. The molecule has 6 heteroatoms. The molecule has 2 aromatic rings. The van der Waals surface area contributed by atoms with E-state index >= 15 is 0 Å². The molecule has 2 N–H and O–H groups in total. The number of esters is 1. The molecule has 0 unspecified atom stereocenters. The van der Waals surface area contributed by atoms with Gasteiger partial charge < -0.3 is 15.4 Å². The van der Waals surface area contributed by atoms with Gasteiger partial charge in [0.05, 0.1) is 12.7 Å². The molecule has 6 nitrogen and oxygen atoms in total. The zero-order valence-corrected chi connectivity index (χ0v) is 15.9. The van der Waals surface area contributed by atoms with Crippen molar-refractivity contribution >= 4 is 23.3 Å². The summed E-state index contributed by atoms with van der Waals surface area (Å²) >= 11 is 0. The van der Waals surface area contributed by atoms with Crippen molar-refractivity contribution in [2.24, 2.45) is 0 Å². The molecule has 0 radical (unpaired) electrons. The van der Waals surface area contributed by atoms with E-state index in [9.17, 15) is 4.79 Å². The summed E-state index contributed by atoms with van der Waals surface area (Å²) in [5, 5.41) is 6.63. The second-order valence-electron chi connectivity index (χ2n) is 6.67. The fourth-order valence-corrected chi connectivity index (χ4v) is 3.19. The summed E-state index contributed by atoms with van der Waals surface area (Å²) in [5.74, 6) is 1.80. The maximum atomic E-state index is 11.7. The quantitative estimate of drug-likeness (QED) is 0.550. The van der Waals surface area contributed by atoms with Crippen LogP contribution in [0.25, 0.3) is 0 Å². The number of benzene rings is 1. The van der Waals surface area contributed by atoms with Crippen LogP contribution >= 0.6 is 0 Å². The summed E-state index contributed by atoms with van der Waals surface area (Å²) in [7, 11) is 1.37. The Labute approximate surface area is 160 Å². The molecule has 0 amide bonds. The van der Waals surface area contributed by atoms with E-state index in [2.05, 4.69) is 26.7 Å². The Morgan fingerprint density at radius 2 is 2.04 bits per heavy atom. The summed E-state index contributed by atoms with van der Waals surface area (Å²) in [6.07, 6.45) is 8.46. The molecule has 0 spiro atoms. The van der Waals surface area contributed by atoms with Crippen LogP contribution in [-0.2, 0) is 4.74 Å². The van der Waals surface area contributed by atoms with Gasteiger partial charge in [0.25, 0.3) is 0 Å². The largest absolute Gasteiger partial charge is 0.465 e. The second-order valence-corrected chi connectivity index (χ2v) is 6.67. The number of carbonyl (C=O) groups is 1. The number of anilines is 3. The molecule has 1 aliphatic carbocycles. The minimum atomic E-state index is -0.364. The highest BCUT2D eigenvalue weighted by atomic mass is 16.5. The number of nitrogens with one attached hydrogen (secondary N) is 2. The number of carbonyl (C=O) groups excluding carboxylic acids is 1. The lowest BCUT2D eigenvalue weighted by atomic mass is 9.97. The van der Waals surface area contributed by atoms with Crippen molar-refractivity contribution in [2.45, 2.75) is 39.0 Å². The third-order valence-corrected chi connectivity index (χ3v) is 4.53. The van der Waals surface area contributed by atoms with Gasteiger partial charge in [-0.25, -0.2) is 14.8 Å². The molecule has 0 bridgehead atoms. The van der Waals surface area contributed by atoms with Crippen LogP contribution in [-0.4, -0.2) is 29.6 Å². The van der Waals surface area contributed by atoms with Crippen molar-refractivity contribution in [3.8, 4) is 0 Å². The molecule has 1 aromatic carbocycles. The topological polar surface area (TPSA) is 76.1 Å². The van der Waals surface area contributed by atoms with Crippen LogP contribution in [0.4, 0.5) is 17.3 Å². The molecule has 27 heavy (non-hydrogen) atoms. The summed E-state index contributed by atoms with van der Waals surface area (Å²) < 4.78 is 4.77. The Kier molecular flexibility index (Phi) is 6.41. The number of methoxy groups -OCH3 is 1. The number of allylic oxidation sites excluding steroid dienone is 1. The Morgan fingerprint density at radius 3 is 2.81 bits per heavy atom. The van der Waals surface area contributed by atoms with E-state index in [1.54, 1.807) is 18.2 Å². The Morgan fingerprint density at radius 1 is 1.19 bits per heavy atom. The van der Waals surface area contributed by atoms with Crippen LogP contribution in [0.3, 0.4) is 0 Å². The molecule has 0 saturated heterocycles. The molecule has 142 valence electrons. The van der Waals surface area contributed by atoms with E-state index < -0.39 is 0 Å². The lowest BCUT2D eigenvalue weighted by molar-refractivity contribution is 0.0601. The van der Waals surface area contributed by atoms with Gasteiger partial charge in [-0.1, -0.05) is 17.7 Å². The fourth-order valence-electron chi connectivity index (χ4n) is 3.19. The van der Waals surface area contributed by atoms with Crippen LogP contribution in [0.1, 0.15) is 48.3 Å². The normalized spacial score (nSPS) is 13.6. The van der Waals surface area contributed by atoms with E-state index in [1.165, 1.54) is 38.4 Å². The van der Waals surface area contributed by atoms with Crippen LogP contribution in [0.15, 0.2) is 42.0 Å². The third-order valence-electron chi connectivity index (χ3n) is 4.53. The average Bonchev–Trinajstić information content (AvgIpc) is 2.68. The number of aryl methyl sites for hydroxylation is 1. The number of ether oxygens (including phenoxy) is 1.